The van der Waals surface area contributed by atoms with Gasteiger partial charge in [-0.3, -0.25) is 0 Å². The molecule has 0 aromatic heterocycles. The summed E-state index contributed by atoms with van der Waals surface area (Å²) in [5.74, 6) is 1.59. The predicted octanol–water partition coefficient (Wildman–Crippen LogP) is 3.92. The fourth-order valence-corrected chi connectivity index (χ4v) is 3.74. The van der Waals surface area contributed by atoms with E-state index in [4.69, 9.17) is 4.74 Å². The Kier molecular flexibility index (Phi) is 4.82. The summed E-state index contributed by atoms with van der Waals surface area (Å²) >= 11 is 0. The average molecular weight is 290 g/mol. The van der Waals surface area contributed by atoms with Gasteiger partial charge in [0.25, 0.3) is 0 Å². The summed E-state index contributed by atoms with van der Waals surface area (Å²) in [5, 5.41) is 3.41. The van der Waals surface area contributed by atoms with Gasteiger partial charge in [-0.2, -0.15) is 0 Å². The van der Waals surface area contributed by atoms with Gasteiger partial charge in [0.2, 0.25) is 0 Å². The van der Waals surface area contributed by atoms with E-state index >= 15 is 0 Å². The Morgan fingerprint density at radius 2 is 2.05 bits per heavy atom. The number of fused-ring (bicyclic) bond motifs is 1. The molecule has 0 radical (unpaired) electrons. The van der Waals surface area contributed by atoms with E-state index in [0.717, 1.165) is 25.4 Å². The Morgan fingerprint density at radius 1 is 1.33 bits per heavy atom. The molecule has 0 aliphatic carbocycles. The molecule has 2 rings (SSSR count). The van der Waals surface area contributed by atoms with Crippen LogP contribution in [0.25, 0.3) is 0 Å². The van der Waals surface area contributed by atoms with E-state index in [0.29, 0.717) is 5.92 Å². The Morgan fingerprint density at radius 3 is 2.62 bits per heavy atom. The highest BCUT2D eigenvalue weighted by atomic mass is 16.5. The lowest BCUT2D eigenvalue weighted by molar-refractivity contribution is 0.376. The smallest absolute Gasteiger partial charge is 0.125 e. The summed E-state index contributed by atoms with van der Waals surface area (Å²) in [4.78, 5) is 2.52. The standard InChI is InChI=1S/C18H30N2O/c1-7-19-12-14-9-15-13(3)11-18(4,5)20(8-2)16(15)10-17(14)21-6/h9-10,13,19H,7-8,11-12H2,1-6H3/t13-/m1/s1. The first kappa shape index (κ1) is 16.2. The molecule has 1 N–H and O–H groups in total. The van der Waals surface area contributed by atoms with Crippen molar-refractivity contribution < 1.29 is 4.74 Å². The molecule has 0 bridgehead atoms. The molecule has 0 unspecified atom stereocenters. The largest absolute Gasteiger partial charge is 0.496 e. The van der Waals surface area contributed by atoms with Crippen LogP contribution in [-0.4, -0.2) is 25.7 Å². The van der Waals surface area contributed by atoms with Crippen LogP contribution in [0.2, 0.25) is 0 Å². The molecule has 1 heterocycles. The third-order valence-corrected chi connectivity index (χ3v) is 4.67. The molecule has 21 heavy (non-hydrogen) atoms. The molecule has 118 valence electrons. The van der Waals surface area contributed by atoms with Crippen LogP contribution in [0.5, 0.6) is 5.75 Å². The SMILES string of the molecule is CCNCc1cc2c(cc1OC)N(CC)C(C)(C)C[C@H]2C. The molecule has 0 saturated heterocycles. The van der Waals surface area contributed by atoms with Crippen LogP contribution < -0.4 is 15.0 Å². The zero-order valence-electron chi connectivity index (χ0n) is 14.4. The number of anilines is 1. The molecule has 1 aromatic rings. The number of hydrogen-bond acceptors (Lipinski definition) is 3. The van der Waals surface area contributed by atoms with E-state index in [-0.39, 0.29) is 5.54 Å². The van der Waals surface area contributed by atoms with Gasteiger partial charge >= 0.3 is 0 Å². The van der Waals surface area contributed by atoms with Crippen LogP contribution in [-0.2, 0) is 6.54 Å². The first-order chi connectivity index (χ1) is 9.94. The number of nitrogens with one attached hydrogen (secondary N) is 1. The topological polar surface area (TPSA) is 24.5 Å². The van der Waals surface area contributed by atoms with Gasteiger partial charge in [0.1, 0.15) is 5.75 Å². The first-order valence-electron chi connectivity index (χ1n) is 8.13. The highest BCUT2D eigenvalue weighted by Crippen LogP contribution is 2.45. The minimum atomic E-state index is 0.204. The molecule has 1 atom stereocenters. The maximum atomic E-state index is 5.64. The highest BCUT2D eigenvalue weighted by molar-refractivity contribution is 5.64. The molecular formula is C18H30N2O. The van der Waals surface area contributed by atoms with Crippen LogP contribution in [0.3, 0.4) is 0 Å². The van der Waals surface area contributed by atoms with Crippen molar-refractivity contribution in [1.29, 1.82) is 0 Å². The molecule has 1 aromatic carbocycles. The van der Waals surface area contributed by atoms with Crippen LogP contribution in [0, 0.1) is 0 Å². The monoisotopic (exact) mass is 290 g/mol. The Hall–Kier alpha value is -1.22. The van der Waals surface area contributed by atoms with Crippen molar-refractivity contribution >= 4 is 5.69 Å². The summed E-state index contributed by atoms with van der Waals surface area (Å²) < 4.78 is 5.64. The molecule has 0 amide bonds. The number of nitrogens with zero attached hydrogens (tertiary/aromatic N) is 1. The minimum Gasteiger partial charge on any atom is -0.496 e. The zero-order valence-corrected chi connectivity index (χ0v) is 14.4. The molecule has 0 fully saturated rings. The lowest BCUT2D eigenvalue weighted by Gasteiger charge is -2.47. The quantitative estimate of drug-likeness (QED) is 0.889. The molecular weight excluding hydrogens is 260 g/mol. The number of methoxy groups -OCH3 is 1. The van der Waals surface area contributed by atoms with E-state index in [2.05, 4.69) is 57.0 Å². The molecule has 0 saturated carbocycles. The third-order valence-electron chi connectivity index (χ3n) is 4.67. The fourth-order valence-electron chi connectivity index (χ4n) is 3.74. The van der Waals surface area contributed by atoms with E-state index in [9.17, 15) is 0 Å². The third kappa shape index (κ3) is 3.03. The first-order valence-corrected chi connectivity index (χ1v) is 8.13. The lowest BCUT2D eigenvalue weighted by atomic mass is 9.79. The van der Waals surface area contributed by atoms with Crippen LogP contribution in [0.1, 0.15) is 58.1 Å². The van der Waals surface area contributed by atoms with E-state index in [1.54, 1.807) is 7.11 Å². The molecule has 0 spiro atoms. The maximum absolute atomic E-state index is 5.64. The van der Waals surface area contributed by atoms with Crippen molar-refractivity contribution in [1.82, 2.24) is 5.32 Å². The summed E-state index contributed by atoms with van der Waals surface area (Å²) in [6.07, 6.45) is 1.20. The molecule has 1 aliphatic heterocycles. The van der Waals surface area contributed by atoms with Gasteiger partial charge in [-0.1, -0.05) is 13.8 Å². The van der Waals surface area contributed by atoms with Gasteiger partial charge < -0.3 is 15.0 Å². The van der Waals surface area contributed by atoms with E-state index in [1.807, 2.05) is 0 Å². The highest BCUT2D eigenvalue weighted by Gasteiger charge is 2.36. The molecule has 1 aliphatic rings. The summed E-state index contributed by atoms with van der Waals surface area (Å²) in [7, 11) is 1.77. The number of hydrogen-bond donors (Lipinski definition) is 1. The Balaban J connectivity index is 2.50. The number of ether oxygens (including phenoxy) is 1. The maximum Gasteiger partial charge on any atom is 0.125 e. The van der Waals surface area contributed by atoms with Crippen LogP contribution in [0.15, 0.2) is 12.1 Å². The Labute approximate surface area is 129 Å². The summed E-state index contributed by atoms with van der Waals surface area (Å²) in [6, 6.07) is 4.59. The number of rotatable bonds is 5. The van der Waals surface area contributed by atoms with Gasteiger partial charge in [-0.15, -0.1) is 0 Å². The van der Waals surface area contributed by atoms with Crippen molar-refractivity contribution in [3.8, 4) is 5.75 Å². The van der Waals surface area contributed by atoms with Crippen molar-refractivity contribution in [2.45, 2.75) is 59.0 Å². The van der Waals surface area contributed by atoms with Gasteiger partial charge in [-0.25, -0.2) is 0 Å². The fraction of sp³-hybridized carbons (Fsp3) is 0.667. The van der Waals surface area contributed by atoms with Gasteiger partial charge in [0, 0.05) is 35.9 Å². The number of benzene rings is 1. The second-order valence-corrected chi connectivity index (χ2v) is 6.67. The van der Waals surface area contributed by atoms with Crippen molar-refractivity contribution in [3.05, 3.63) is 23.3 Å². The van der Waals surface area contributed by atoms with Crippen molar-refractivity contribution in [2.75, 3.05) is 25.1 Å². The summed E-state index contributed by atoms with van der Waals surface area (Å²) in [6.45, 7) is 14.3. The normalized spacial score (nSPS) is 20.3. The predicted molar refractivity (Wildman–Crippen MR) is 90.5 cm³/mol. The second kappa shape index (κ2) is 6.27. The van der Waals surface area contributed by atoms with E-state index in [1.165, 1.54) is 23.2 Å². The van der Waals surface area contributed by atoms with Crippen LogP contribution in [0.4, 0.5) is 5.69 Å². The van der Waals surface area contributed by atoms with Crippen molar-refractivity contribution in [2.24, 2.45) is 0 Å². The van der Waals surface area contributed by atoms with Gasteiger partial charge in [-0.05, 0) is 51.3 Å². The van der Waals surface area contributed by atoms with E-state index < -0.39 is 0 Å². The lowest BCUT2D eigenvalue weighted by Crippen LogP contribution is -2.48. The minimum absolute atomic E-state index is 0.204. The summed E-state index contributed by atoms with van der Waals surface area (Å²) in [5.41, 5.74) is 4.28. The average Bonchev–Trinajstić information content (AvgIpc) is 2.44. The second-order valence-electron chi connectivity index (χ2n) is 6.67. The zero-order chi connectivity index (χ0) is 15.6. The van der Waals surface area contributed by atoms with Crippen molar-refractivity contribution in [3.63, 3.8) is 0 Å². The van der Waals surface area contributed by atoms with Gasteiger partial charge in [0.15, 0.2) is 0 Å². The van der Waals surface area contributed by atoms with Gasteiger partial charge in [0.05, 0.1) is 7.11 Å². The van der Waals surface area contributed by atoms with Crippen LogP contribution >= 0.6 is 0 Å². The molecule has 3 heteroatoms. The molecule has 3 nitrogen and oxygen atoms in total. The Bertz CT molecular complexity index is 496.